The number of nitrogens with zero attached hydrogens (tertiary/aromatic N) is 6. The Labute approximate surface area is 185 Å². The number of alkyl halides is 1. The molecule has 4 heterocycles. The molecule has 6 rings (SSSR count). The minimum atomic E-state index is -0.759. The largest absolute Gasteiger partial charge is 0.507 e. The topological polar surface area (TPSA) is 92.0 Å². The molecular weight excluding hydrogens is 409 g/mol. The molecule has 8 nitrogen and oxygen atoms in total. The lowest BCUT2D eigenvalue weighted by molar-refractivity contribution is 0.271. The first kappa shape index (κ1) is 19.6. The number of aromatic nitrogens is 5. The summed E-state index contributed by atoms with van der Waals surface area (Å²) in [6, 6.07) is 6.27. The van der Waals surface area contributed by atoms with Gasteiger partial charge in [-0.05, 0) is 49.8 Å². The molecule has 2 aromatic heterocycles. The van der Waals surface area contributed by atoms with E-state index < -0.39 is 6.17 Å². The Bertz CT molecular complexity index is 1130. The third kappa shape index (κ3) is 3.50. The summed E-state index contributed by atoms with van der Waals surface area (Å²) in [5.41, 5.74) is 2.92. The summed E-state index contributed by atoms with van der Waals surface area (Å²) >= 11 is 0. The molecule has 9 heteroatoms. The van der Waals surface area contributed by atoms with Crippen molar-refractivity contribution in [2.75, 3.05) is 4.90 Å². The van der Waals surface area contributed by atoms with E-state index in [1.54, 1.807) is 23.1 Å². The van der Waals surface area contributed by atoms with E-state index in [0.717, 1.165) is 36.8 Å². The van der Waals surface area contributed by atoms with E-state index in [2.05, 4.69) is 30.5 Å². The monoisotopic (exact) mass is 435 g/mol. The highest BCUT2D eigenvalue weighted by molar-refractivity contribution is 5.73. The molecule has 2 N–H and O–H groups in total. The Balaban J connectivity index is 1.25. The van der Waals surface area contributed by atoms with E-state index in [4.69, 9.17) is 0 Å². The molecule has 0 unspecified atom stereocenters. The van der Waals surface area contributed by atoms with Crippen molar-refractivity contribution in [3.8, 4) is 28.1 Å². The van der Waals surface area contributed by atoms with Gasteiger partial charge in [-0.25, -0.2) is 9.37 Å². The van der Waals surface area contributed by atoms with Crippen LogP contribution in [0.3, 0.4) is 0 Å². The van der Waals surface area contributed by atoms with Gasteiger partial charge in [-0.1, -0.05) is 6.07 Å². The van der Waals surface area contributed by atoms with Crippen molar-refractivity contribution in [1.29, 1.82) is 0 Å². The first-order valence-corrected chi connectivity index (χ1v) is 11.3. The number of hydrogen-bond donors (Lipinski definition) is 2. The molecule has 1 aliphatic carbocycles. The Morgan fingerprint density at radius 2 is 1.97 bits per heavy atom. The number of hydrogen-bond acceptors (Lipinski definition) is 7. The normalized spacial score (nSPS) is 26.9. The second-order valence-electron chi connectivity index (χ2n) is 9.26. The number of piperidine rings is 1. The number of fused-ring (bicyclic) bond motifs is 2. The number of aryl methyl sites for hydroxylation is 1. The van der Waals surface area contributed by atoms with Gasteiger partial charge >= 0.3 is 0 Å². The molecule has 3 aromatic rings. The Morgan fingerprint density at radius 1 is 1.09 bits per heavy atom. The van der Waals surface area contributed by atoms with Gasteiger partial charge in [0.15, 0.2) is 0 Å². The van der Waals surface area contributed by atoms with Gasteiger partial charge in [-0.15, -0.1) is 10.2 Å². The highest BCUT2D eigenvalue weighted by atomic mass is 19.1. The quantitative estimate of drug-likeness (QED) is 0.637. The fraction of sp³-hybridized carbons (Fsp3) is 0.478. The summed E-state index contributed by atoms with van der Waals surface area (Å²) in [4.78, 5) is 6.89. The van der Waals surface area contributed by atoms with Gasteiger partial charge in [0.2, 0.25) is 5.95 Å². The lowest BCUT2D eigenvalue weighted by Crippen LogP contribution is -2.50. The molecule has 0 spiro atoms. The molecule has 2 bridgehead atoms. The number of rotatable bonds is 5. The van der Waals surface area contributed by atoms with Crippen molar-refractivity contribution < 1.29 is 9.50 Å². The van der Waals surface area contributed by atoms with E-state index in [1.165, 1.54) is 0 Å². The summed E-state index contributed by atoms with van der Waals surface area (Å²) in [5, 5.41) is 27.0. The number of anilines is 1. The van der Waals surface area contributed by atoms with Gasteiger partial charge < -0.3 is 15.3 Å². The SMILES string of the molecule is Cn1cc(-c2ccc(-c3cnc(N(C4CC4)[C@@H]4C[C@@H]5C[C@H](F)[C@@H](C4)N5)nn3)c(O)c2)cn1. The standard InChI is InChI=1S/C23H26FN7O/c1-30-12-14(10-26-30)13-2-5-18(22(32)6-13)21-11-25-23(29-28-21)31(16-3-4-16)17-7-15-8-19(24)20(9-17)27-15/h2,5-6,10-12,15-17,19-20,27,32H,3-4,7-9H2,1H3/t15-,17-,19+,20-/m1/s1. The molecular formula is C23H26FN7O. The number of nitrogens with one attached hydrogen (secondary N) is 1. The summed E-state index contributed by atoms with van der Waals surface area (Å²) in [5.74, 6) is 0.725. The van der Waals surface area contributed by atoms with E-state index >= 15 is 0 Å². The summed E-state index contributed by atoms with van der Waals surface area (Å²) in [7, 11) is 1.86. The van der Waals surface area contributed by atoms with Crippen LogP contribution in [0, 0.1) is 0 Å². The van der Waals surface area contributed by atoms with Crippen LogP contribution in [0.4, 0.5) is 10.3 Å². The zero-order valence-corrected chi connectivity index (χ0v) is 17.9. The van der Waals surface area contributed by atoms with Crippen molar-refractivity contribution in [1.82, 2.24) is 30.3 Å². The molecule has 32 heavy (non-hydrogen) atoms. The highest BCUT2D eigenvalue weighted by Crippen LogP contribution is 2.39. The van der Waals surface area contributed by atoms with Crippen LogP contribution in [0.25, 0.3) is 22.4 Å². The fourth-order valence-electron chi connectivity index (χ4n) is 5.22. The van der Waals surface area contributed by atoms with Crippen LogP contribution < -0.4 is 10.2 Å². The van der Waals surface area contributed by atoms with Crippen molar-refractivity contribution in [3.63, 3.8) is 0 Å². The van der Waals surface area contributed by atoms with E-state index in [0.29, 0.717) is 29.7 Å². The van der Waals surface area contributed by atoms with Crippen molar-refractivity contribution in [2.45, 2.75) is 62.4 Å². The summed E-state index contributed by atoms with van der Waals surface area (Å²) in [6.45, 7) is 0. The smallest absolute Gasteiger partial charge is 0.245 e. The Hall–Kier alpha value is -3.07. The maximum Gasteiger partial charge on any atom is 0.245 e. The maximum absolute atomic E-state index is 14.2. The van der Waals surface area contributed by atoms with Crippen molar-refractivity contribution in [3.05, 3.63) is 36.8 Å². The molecule has 4 atom stereocenters. The third-order valence-electron chi connectivity index (χ3n) is 6.90. The number of aromatic hydroxyl groups is 1. The van der Waals surface area contributed by atoms with E-state index in [1.807, 2.05) is 25.4 Å². The van der Waals surface area contributed by atoms with E-state index in [9.17, 15) is 9.50 Å². The summed E-state index contributed by atoms with van der Waals surface area (Å²) in [6.07, 6.45) is 9.08. The second-order valence-corrected chi connectivity index (χ2v) is 9.26. The van der Waals surface area contributed by atoms with Crippen LogP contribution in [-0.2, 0) is 7.05 Å². The molecule has 1 aromatic carbocycles. The average molecular weight is 436 g/mol. The lowest BCUT2D eigenvalue weighted by Gasteiger charge is -2.37. The molecule has 2 aliphatic heterocycles. The highest BCUT2D eigenvalue weighted by Gasteiger charge is 2.46. The number of phenols is 1. The number of phenolic OH excluding ortho intramolecular Hbond substituents is 1. The molecule has 0 amide bonds. The Morgan fingerprint density at radius 3 is 2.62 bits per heavy atom. The van der Waals surface area contributed by atoms with Crippen LogP contribution >= 0.6 is 0 Å². The van der Waals surface area contributed by atoms with Gasteiger partial charge in [-0.2, -0.15) is 5.10 Å². The fourth-order valence-corrected chi connectivity index (χ4v) is 5.22. The number of halogens is 1. The maximum atomic E-state index is 14.2. The predicted octanol–water partition coefficient (Wildman–Crippen LogP) is 2.84. The van der Waals surface area contributed by atoms with Crippen LogP contribution in [0.15, 0.2) is 36.8 Å². The zero-order valence-electron chi connectivity index (χ0n) is 17.9. The van der Waals surface area contributed by atoms with Crippen LogP contribution in [0.2, 0.25) is 0 Å². The molecule has 3 aliphatic rings. The molecule has 2 saturated heterocycles. The van der Waals surface area contributed by atoms with Gasteiger partial charge in [0.1, 0.15) is 17.6 Å². The lowest BCUT2D eigenvalue weighted by atomic mass is 9.98. The predicted molar refractivity (Wildman–Crippen MR) is 118 cm³/mol. The average Bonchev–Trinajstić information content (AvgIpc) is 3.46. The first-order chi connectivity index (χ1) is 15.5. The van der Waals surface area contributed by atoms with Crippen molar-refractivity contribution in [2.24, 2.45) is 7.05 Å². The second kappa shape index (κ2) is 7.51. The van der Waals surface area contributed by atoms with Crippen LogP contribution in [0.1, 0.15) is 32.1 Å². The third-order valence-corrected chi connectivity index (χ3v) is 6.90. The van der Waals surface area contributed by atoms with Crippen LogP contribution in [-0.4, -0.2) is 60.4 Å². The van der Waals surface area contributed by atoms with Crippen LogP contribution in [0.5, 0.6) is 5.75 Å². The van der Waals surface area contributed by atoms with Gasteiger partial charge in [-0.3, -0.25) is 4.68 Å². The Kier molecular flexibility index (Phi) is 4.60. The minimum Gasteiger partial charge on any atom is -0.507 e. The van der Waals surface area contributed by atoms with Gasteiger partial charge in [0.25, 0.3) is 0 Å². The van der Waals surface area contributed by atoms with Gasteiger partial charge in [0.05, 0.1) is 12.4 Å². The first-order valence-electron chi connectivity index (χ1n) is 11.3. The molecule has 1 saturated carbocycles. The van der Waals surface area contributed by atoms with E-state index in [-0.39, 0.29) is 23.9 Å². The zero-order chi connectivity index (χ0) is 21.8. The molecule has 0 radical (unpaired) electrons. The molecule has 3 fully saturated rings. The summed E-state index contributed by atoms with van der Waals surface area (Å²) < 4.78 is 15.9. The van der Waals surface area contributed by atoms with Crippen molar-refractivity contribution >= 4 is 5.95 Å². The minimum absolute atomic E-state index is 0.0671. The number of benzene rings is 1. The molecule has 166 valence electrons. The van der Waals surface area contributed by atoms with Gasteiger partial charge in [0, 0.05) is 48.5 Å².